The first kappa shape index (κ1) is 74.0. The van der Waals surface area contributed by atoms with Crippen LogP contribution in [0.4, 0.5) is 41.9 Å². The second-order valence-corrected chi connectivity index (χ2v) is 23.3. The highest BCUT2D eigenvalue weighted by Gasteiger charge is 2.35. The molecular weight excluding hydrogens is 1230 g/mol. The average molecular weight is 1320 g/mol. The largest absolute Gasteiger partial charge is 0.459 e. The summed E-state index contributed by atoms with van der Waals surface area (Å²) in [4.78, 5) is 113. The summed E-state index contributed by atoms with van der Waals surface area (Å²) in [5.74, 6) is -2.62. The molecule has 0 saturated heterocycles. The maximum Gasteiger partial charge on any atom is 0.412 e. The molecule has 0 heterocycles. The molecule has 0 saturated carbocycles. The zero-order chi connectivity index (χ0) is 69.7. The Bertz CT molecular complexity index is 3300. The molecule has 4 N–H and O–H groups in total. The highest BCUT2D eigenvalue weighted by atomic mass is 16.6. The van der Waals surface area contributed by atoms with E-state index in [1.807, 2.05) is 97.1 Å². The molecule has 0 aromatic heterocycles. The predicted octanol–water partition coefficient (Wildman–Crippen LogP) is 13.1. The Balaban J connectivity index is 1.02. The normalized spacial score (nSPS) is 12.2. The molecule has 0 aliphatic heterocycles. The quantitative estimate of drug-likeness (QED) is 0.0169. The van der Waals surface area contributed by atoms with Crippen molar-refractivity contribution in [1.82, 2.24) is 0 Å². The molecule has 6 aromatic carbocycles. The lowest BCUT2D eigenvalue weighted by Crippen LogP contribution is -2.40. The SMILES string of the molecule is C=C(C)C(=O)OCC(C)OC(=O)Cc1ccc(Cc2ccc(NC(=O)OCC(CC)(COC(=O)Nc3ccc(Cc4ccc(CC(=O)OC(C)COC(=O)C(=C)C)cc4)cc3)COC(=O)Nc3ccc(Cc4ccc(NC(=O)OC(C)COC(=O)C(=C)C)cc4)cc3)cc2)cc1. The number of nitrogens with one attached hydrogen (secondary N) is 4. The van der Waals surface area contributed by atoms with Crippen LogP contribution in [-0.2, 0) is 98.7 Å². The van der Waals surface area contributed by atoms with Crippen LogP contribution in [0.5, 0.6) is 0 Å². The lowest BCUT2D eigenvalue weighted by molar-refractivity contribution is -0.155. The fourth-order valence-corrected chi connectivity index (χ4v) is 8.88. The zero-order valence-electron chi connectivity index (χ0n) is 55.0. The molecular formula is C74H82N4O18. The Labute approximate surface area is 558 Å². The number of amides is 4. The van der Waals surface area contributed by atoms with Crippen LogP contribution >= 0.6 is 0 Å². The number of rotatable bonds is 33. The highest BCUT2D eigenvalue weighted by Crippen LogP contribution is 2.27. The lowest BCUT2D eigenvalue weighted by Gasteiger charge is -2.31. The molecule has 0 spiro atoms. The molecule has 3 unspecified atom stereocenters. The predicted molar refractivity (Wildman–Crippen MR) is 360 cm³/mol. The number of ether oxygens (including phenoxy) is 9. The summed E-state index contributed by atoms with van der Waals surface area (Å²) in [6.07, 6.45) is -3.17. The Kier molecular flexibility index (Phi) is 28.5. The van der Waals surface area contributed by atoms with Crippen molar-refractivity contribution in [3.63, 3.8) is 0 Å². The minimum Gasteiger partial charge on any atom is -0.459 e. The summed E-state index contributed by atoms with van der Waals surface area (Å²) < 4.78 is 48.4. The van der Waals surface area contributed by atoms with Gasteiger partial charge in [0.1, 0.15) is 58.0 Å². The van der Waals surface area contributed by atoms with E-state index in [0.29, 0.717) is 42.0 Å². The third-order valence-electron chi connectivity index (χ3n) is 14.4. The van der Waals surface area contributed by atoms with E-state index in [1.165, 1.54) is 20.8 Å². The van der Waals surface area contributed by atoms with Gasteiger partial charge in [-0.05, 0) is 160 Å². The van der Waals surface area contributed by atoms with Gasteiger partial charge in [0.15, 0.2) is 0 Å². The number of anilines is 4. The number of carbonyl (C=O) groups excluding carboxylic acids is 9. The first-order valence-corrected chi connectivity index (χ1v) is 31.0. The maximum absolute atomic E-state index is 13.4. The van der Waals surface area contributed by atoms with Gasteiger partial charge in [0.05, 0.1) is 18.3 Å². The third-order valence-corrected chi connectivity index (χ3v) is 14.4. The summed E-state index contributed by atoms with van der Waals surface area (Å²) in [7, 11) is 0. The van der Waals surface area contributed by atoms with Gasteiger partial charge in [-0.15, -0.1) is 0 Å². The molecule has 0 radical (unpaired) electrons. The Hall–Kier alpha value is -11.0. The standard InChI is InChI=1S/C74H82N4O18/c1-11-74(44-91-70(84)75-61-28-20-55(21-29-61)36-53-12-16-59(17-13-53)39-65(79)94-50(8)41-88-67(81)47(2)3,45-92-71(85)76-62-30-22-56(23-31-62)37-54-14-18-60(19-15-54)40-66(80)95-51(9)42-89-68(82)48(4)5)46-93-72(86)77-63-32-24-57(25-33-63)38-58-26-34-64(35-27-58)78-73(87)96-52(10)43-90-69(83)49(6)7/h12-35,50-52H,2,4,6,11,36-46H2,1,3,5,7-10H3,(H,75,84)(H,76,85)(H,77,86)(H,78,87). The molecule has 3 atom stereocenters. The number of hydrogen-bond donors (Lipinski definition) is 4. The van der Waals surface area contributed by atoms with Gasteiger partial charge in [-0.25, -0.2) is 33.6 Å². The number of benzene rings is 6. The van der Waals surface area contributed by atoms with Gasteiger partial charge in [-0.3, -0.25) is 30.9 Å². The fourth-order valence-electron chi connectivity index (χ4n) is 8.88. The van der Waals surface area contributed by atoms with Crippen LogP contribution in [0.3, 0.4) is 0 Å². The molecule has 22 heteroatoms. The minimum atomic E-state index is -1.22. The van der Waals surface area contributed by atoms with Crippen LogP contribution in [0, 0.1) is 5.41 Å². The van der Waals surface area contributed by atoms with E-state index < -0.39 is 77.9 Å². The van der Waals surface area contributed by atoms with E-state index in [2.05, 4.69) is 41.0 Å². The average Bonchev–Trinajstić information content (AvgIpc) is 1.67. The monoisotopic (exact) mass is 1310 g/mol. The van der Waals surface area contributed by atoms with Crippen LogP contribution in [-0.4, -0.2) is 112 Å². The van der Waals surface area contributed by atoms with E-state index in [0.717, 1.165) is 44.5 Å². The Morgan fingerprint density at radius 3 is 0.823 bits per heavy atom. The molecule has 0 bridgehead atoms. The molecule has 96 heavy (non-hydrogen) atoms. The first-order valence-electron chi connectivity index (χ1n) is 31.0. The van der Waals surface area contributed by atoms with Crippen LogP contribution in [0.25, 0.3) is 0 Å². The molecule has 0 fully saturated rings. The van der Waals surface area contributed by atoms with Crippen molar-refractivity contribution in [3.8, 4) is 0 Å². The topological polar surface area (TPSA) is 285 Å². The number of hydrogen-bond acceptors (Lipinski definition) is 18. The van der Waals surface area contributed by atoms with Gasteiger partial charge in [-0.1, -0.05) is 124 Å². The second kappa shape index (κ2) is 37.0. The third kappa shape index (κ3) is 26.5. The van der Waals surface area contributed by atoms with Crippen molar-refractivity contribution in [2.24, 2.45) is 5.41 Å². The van der Waals surface area contributed by atoms with Crippen molar-refractivity contribution in [1.29, 1.82) is 0 Å². The molecule has 22 nitrogen and oxygen atoms in total. The van der Waals surface area contributed by atoms with Gasteiger partial charge in [-0.2, -0.15) is 0 Å². The summed E-state index contributed by atoms with van der Waals surface area (Å²) in [6.45, 7) is 20.5. The molecule has 0 aliphatic rings. The number of esters is 5. The van der Waals surface area contributed by atoms with E-state index in [9.17, 15) is 43.2 Å². The van der Waals surface area contributed by atoms with Crippen molar-refractivity contribution < 1.29 is 85.8 Å². The van der Waals surface area contributed by atoms with Crippen molar-refractivity contribution >= 4 is 77.0 Å². The van der Waals surface area contributed by atoms with Crippen LogP contribution < -0.4 is 21.3 Å². The van der Waals surface area contributed by atoms with Crippen molar-refractivity contribution in [2.45, 2.75) is 105 Å². The summed E-state index contributed by atoms with van der Waals surface area (Å²) >= 11 is 0. The lowest BCUT2D eigenvalue weighted by atomic mass is 9.88. The summed E-state index contributed by atoms with van der Waals surface area (Å²) in [5, 5.41) is 10.8. The first-order chi connectivity index (χ1) is 45.8. The van der Waals surface area contributed by atoms with E-state index in [1.54, 1.807) is 76.2 Å². The number of carbonyl (C=O) groups is 9. The molecule has 506 valence electrons. The van der Waals surface area contributed by atoms with Crippen molar-refractivity contribution in [3.05, 3.63) is 227 Å². The highest BCUT2D eigenvalue weighted by molar-refractivity contribution is 5.89. The summed E-state index contributed by atoms with van der Waals surface area (Å²) in [6, 6.07) is 43.5. The van der Waals surface area contributed by atoms with Crippen LogP contribution in [0.1, 0.15) is 99.4 Å². The van der Waals surface area contributed by atoms with Gasteiger partial charge in [0, 0.05) is 39.5 Å². The van der Waals surface area contributed by atoms with Crippen molar-refractivity contribution in [2.75, 3.05) is 60.9 Å². The second-order valence-electron chi connectivity index (χ2n) is 23.3. The molecule has 0 aliphatic carbocycles. The fraction of sp³-hybridized carbons (Fsp3) is 0.311. The van der Waals surface area contributed by atoms with E-state index >= 15 is 0 Å². The van der Waals surface area contributed by atoms with Gasteiger partial charge < -0.3 is 42.6 Å². The summed E-state index contributed by atoms with van der Waals surface area (Å²) in [5.41, 5.74) is 8.46. The van der Waals surface area contributed by atoms with Crippen LogP contribution in [0.2, 0.25) is 0 Å². The minimum absolute atomic E-state index is 0.0330. The van der Waals surface area contributed by atoms with Gasteiger partial charge in [0.2, 0.25) is 0 Å². The Morgan fingerprint density at radius 2 is 0.573 bits per heavy atom. The maximum atomic E-state index is 13.4. The molecule has 6 rings (SSSR count). The zero-order valence-corrected chi connectivity index (χ0v) is 55.0. The van der Waals surface area contributed by atoms with E-state index in [4.69, 9.17) is 42.6 Å². The molecule has 6 aromatic rings. The molecule has 4 amide bonds. The van der Waals surface area contributed by atoms with Gasteiger partial charge >= 0.3 is 54.2 Å². The smallest absolute Gasteiger partial charge is 0.412 e. The van der Waals surface area contributed by atoms with E-state index in [-0.39, 0.29) is 75.6 Å². The van der Waals surface area contributed by atoms with Gasteiger partial charge in [0.25, 0.3) is 0 Å². The Morgan fingerprint density at radius 1 is 0.344 bits per heavy atom. The van der Waals surface area contributed by atoms with Crippen LogP contribution in [0.15, 0.2) is 182 Å².